The molecule has 0 aromatic carbocycles. The van der Waals surface area contributed by atoms with Crippen LogP contribution in [0.2, 0.25) is 0 Å². The van der Waals surface area contributed by atoms with Gasteiger partial charge in [-0.05, 0) is 43.9 Å². The second-order valence-corrected chi connectivity index (χ2v) is 12.9. The summed E-state index contributed by atoms with van der Waals surface area (Å²) in [6, 6.07) is 0. The Balaban J connectivity index is 2.36. The fraction of sp³-hybridized carbons (Fsp3) is 0.944. The smallest absolute Gasteiger partial charge is 0.310 e. The SMILES string of the molecule is CCCCCCCCCCCCOC(=O)C1C(C)CCC(CCC)C1C(=O)OCCCCCCCCCCCC. The van der Waals surface area contributed by atoms with Gasteiger partial charge in [0.1, 0.15) is 0 Å². The minimum Gasteiger partial charge on any atom is -0.465 e. The molecule has 1 saturated carbocycles. The molecule has 0 spiro atoms. The molecule has 0 aromatic heterocycles. The van der Waals surface area contributed by atoms with Gasteiger partial charge < -0.3 is 9.47 Å². The average molecular weight is 565 g/mol. The molecule has 236 valence electrons. The maximum Gasteiger partial charge on any atom is 0.310 e. The van der Waals surface area contributed by atoms with E-state index in [0.29, 0.717) is 13.2 Å². The molecule has 4 heteroatoms. The predicted molar refractivity (Wildman–Crippen MR) is 169 cm³/mol. The molecular weight excluding hydrogens is 496 g/mol. The van der Waals surface area contributed by atoms with E-state index in [9.17, 15) is 9.59 Å². The van der Waals surface area contributed by atoms with E-state index in [1.807, 2.05) is 0 Å². The number of hydrogen-bond donors (Lipinski definition) is 0. The van der Waals surface area contributed by atoms with E-state index in [1.165, 1.54) is 103 Å². The van der Waals surface area contributed by atoms with Crippen LogP contribution in [0.3, 0.4) is 0 Å². The summed E-state index contributed by atoms with van der Waals surface area (Å²) in [6.07, 6.45) is 29.3. The molecule has 0 aromatic rings. The van der Waals surface area contributed by atoms with Crippen molar-refractivity contribution in [1.29, 1.82) is 0 Å². The molecule has 4 unspecified atom stereocenters. The first-order valence-corrected chi connectivity index (χ1v) is 17.9. The van der Waals surface area contributed by atoms with Gasteiger partial charge in [-0.3, -0.25) is 9.59 Å². The summed E-state index contributed by atoms with van der Waals surface area (Å²) in [5.74, 6) is -0.605. The number of carbonyl (C=O) groups is 2. The van der Waals surface area contributed by atoms with Crippen molar-refractivity contribution in [3.63, 3.8) is 0 Å². The van der Waals surface area contributed by atoms with Crippen molar-refractivity contribution in [2.45, 2.75) is 182 Å². The standard InChI is InChI=1S/C36H68O4/c1-5-8-10-12-14-16-18-20-22-24-29-39-35(37)33-31(4)27-28-32(26-7-3)34(33)36(38)40-30-25-23-21-19-17-15-13-11-9-6-2/h31-34H,5-30H2,1-4H3. The van der Waals surface area contributed by atoms with Gasteiger partial charge in [0.05, 0.1) is 25.0 Å². The van der Waals surface area contributed by atoms with Crippen molar-refractivity contribution < 1.29 is 19.1 Å². The number of esters is 2. The Labute approximate surface area is 249 Å². The highest BCUT2D eigenvalue weighted by Crippen LogP contribution is 2.42. The normalized spacial score (nSPS) is 20.9. The zero-order valence-electron chi connectivity index (χ0n) is 27.3. The van der Waals surface area contributed by atoms with Gasteiger partial charge in [0.2, 0.25) is 0 Å². The number of hydrogen-bond acceptors (Lipinski definition) is 4. The Morgan fingerprint density at radius 1 is 0.500 bits per heavy atom. The number of carbonyl (C=O) groups excluding carboxylic acids is 2. The lowest BCUT2D eigenvalue weighted by Gasteiger charge is -2.39. The van der Waals surface area contributed by atoms with Gasteiger partial charge >= 0.3 is 11.9 Å². The molecule has 0 N–H and O–H groups in total. The zero-order valence-corrected chi connectivity index (χ0v) is 27.3. The van der Waals surface area contributed by atoms with Crippen LogP contribution in [0, 0.1) is 23.7 Å². The topological polar surface area (TPSA) is 52.6 Å². The van der Waals surface area contributed by atoms with Crippen molar-refractivity contribution in [3.8, 4) is 0 Å². The molecule has 40 heavy (non-hydrogen) atoms. The van der Waals surface area contributed by atoms with Crippen molar-refractivity contribution in [2.24, 2.45) is 23.7 Å². The van der Waals surface area contributed by atoms with Crippen molar-refractivity contribution in [2.75, 3.05) is 13.2 Å². The summed E-state index contributed by atoms with van der Waals surface area (Å²) in [5, 5.41) is 0. The van der Waals surface area contributed by atoms with Crippen LogP contribution < -0.4 is 0 Å². The Bertz CT molecular complexity index is 604. The Kier molecular flexibility index (Phi) is 23.7. The first-order valence-electron chi connectivity index (χ1n) is 17.9. The summed E-state index contributed by atoms with van der Waals surface area (Å²) in [4.78, 5) is 26.6. The Morgan fingerprint density at radius 3 is 1.27 bits per heavy atom. The van der Waals surface area contributed by atoms with Crippen LogP contribution in [0.5, 0.6) is 0 Å². The van der Waals surface area contributed by atoms with Crippen LogP contribution in [0.25, 0.3) is 0 Å². The Morgan fingerprint density at radius 2 is 0.875 bits per heavy atom. The molecule has 0 saturated heterocycles. The van der Waals surface area contributed by atoms with E-state index >= 15 is 0 Å². The molecule has 1 aliphatic carbocycles. The fourth-order valence-electron chi connectivity index (χ4n) is 6.61. The van der Waals surface area contributed by atoms with E-state index in [0.717, 1.165) is 51.4 Å². The number of ether oxygens (including phenoxy) is 2. The van der Waals surface area contributed by atoms with E-state index < -0.39 is 0 Å². The monoisotopic (exact) mass is 565 g/mol. The van der Waals surface area contributed by atoms with Crippen LogP contribution in [-0.4, -0.2) is 25.2 Å². The second-order valence-electron chi connectivity index (χ2n) is 12.9. The van der Waals surface area contributed by atoms with Crippen molar-refractivity contribution in [1.82, 2.24) is 0 Å². The van der Waals surface area contributed by atoms with Gasteiger partial charge in [0.25, 0.3) is 0 Å². The highest BCUT2D eigenvalue weighted by molar-refractivity contribution is 5.83. The molecule has 4 nitrogen and oxygen atoms in total. The molecule has 0 heterocycles. The summed E-state index contributed by atoms with van der Waals surface area (Å²) in [6.45, 7) is 9.78. The first kappa shape index (κ1) is 37.0. The molecule has 4 atom stereocenters. The number of unbranched alkanes of at least 4 members (excludes halogenated alkanes) is 18. The molecule has 0 aliphatic heterocycles. The lowest BCUT2D eigenvalue weighted by atomic mass is 9.66. The maximum absolute atomic E-state index is 13.3. The summed E-state index contributed by atoms with van der Waals surface area (Å²) < 4.78 is 11.6. The van der Waals surface area contributed by atoms with Gasteiger partial charge in [-0.15, -0.1) is 0 Å². The number of rotatable bonds is 26. The lowest BCUT2D eigenvalue weighted by Crippen LogP contribution is -2.44. The third kappa shape index (κ3) is 17.0. The predicted octanol–water partition coefficient (Wildman–Crippen LogP) is 11.0. The second kappa shape index (κ2) is 25.6. The van der Waals surface area contributed by atoms with Crippen LogP contribution in [-0.2, 0) is 19.1 Å². The molecule has 0 radical (unpaired) electrons. The third-order valence-electron chi connectivity index (χ3n) is 9.19. The molecule has 0 amide bonds. The maximum atomic E-state index is 13.3. The van der Waals surface area contributed by atoms with Gasteiger partial charge in [-0.2, -0.15) is 0 Å². The fourth-order valence-corrected chi connectivity index (χ4v) is 6.61. The quantitative estimate of drug-likeness (QED) is 0.0774. The molecule has 0 bridgehead atoms. The first-order chi connectivity index (χ1) is 19.6. The van der Waals surface area contributed by atoms with Crippen molar-refractivity contribution in [3.05, 3.63) is 0 Å². The third-order valence-corrected chi connectivity index (χ3v) is 9.19. The van der Waals surface area contributed by atoms with E-state index in [-0.39, 0.29) is 35.6 Å². The zero-order chi connectivity index (χ0) is 29.3. The van der Waals surface area contributed by atoms with Crippen LogP contribution in [0.15, 0.2) is 0 Å². The average Bonchev–Trinajstić information content (AvgIpc) is 2.95. The van der Waals surface area contributed by atoms with E-state index in [2.05, 4.69) is 27.7 Å². The molecular formula is C36H68O4. The largest absolute Gasteiger partial charge is 0.465 e. The highest BCUT2D eigenvalue weighted by atomic mass is 16.5. The minimum absolute atomic E-state index is 0.151. The van der Waals surface area contributed by atoms with Crippen LogP contribution in [0.1, 0.15) is 182 Å². The summed E-state index contributed by atoms with van der Waals surface area (Å²) >= 11 is 0. The van der Waals surface area contributed by atoms with E-state index in [1.54, 1.807) is 0 Å². The molecule has 1 rings (SSSR count). The van der Waals surface area contributed by atoms with Gasteiger partial charge in [0, 0.05) is 0 Å². The van der Waals surface area contributed by atoms with Crippen LogP contribution >= 0.6 is 0 Å². The lowest BCUT2D eigenvalue weighted by molar-refractivity contribution is -0.169. The van der Waals surface area contributed by atoms with Crippen LogP contribution in [0.4, 0.5) is 0 Å². The summed E-state index contributed by atoms with van der Waals surface area (Å²) in [7, 11) is 0. The summed E-state index contributed by atoms with van der Waals surface area (Å²) in [5.41, 5.74) is 0. The van der Waals surface area contributed by atoms with Gasteiger partial charge in [0.15, 0.2) is 0 Å². The van der Waals surface area contributed by atoms with Crippen molar-refractivity contribution >= 4 is 11.9 Å². The van der Waals surface area contributed by atoms with E-state index in [4.69, 9.17) is 9.47 Å². The molecule has 1 aliphatic rings. The molecule has 1 fully saturated rings. The van der Waals surface area contributed by atoms with Gasteiger partial charge in [-0.1, -0.05) is 150 Å². The minimum atomic E-state index is -0.353. The van der Waals surface area contributed by atoms with Gasteiger partial charge in [-0.25, -0.2) is 0 Å². The Hall–Kier alpha value is -1.06. The highest BCUT2D eigenvalue weighted by Gasteiger charge is 2.46.